The molecular weight excluding hydrogens is 337 g/mol. The van der Waals surface area contributed by atoms with E-state index >= 15 is 0 Å². The van der Waals surface area contributed by atoms with E-state index in [-0.39, 0.29) is 15.5 Å². The molecule has 0 radical (unpaired) electrons. The molecule has 0 unspecified atom stereocenters. The predicted molar refractivity (Wildman–Crippen MR) is 86.3 cm³/mol. The van der Waals surface area contributed by atoms with E-state index < -0.39 is 10.0 Å². The molecule has 0 aromatic heterocycles. The molecule has 0 amide bonds. The van der Waals surface area contributed by atoms with Crippen LogP contribution in [-0.4, -0.2) is 36.3 Å². The summed E-state index contributed by atoms with van der Waals surface area (Å²) in [6.45, 7) is 5.16. The van der Waals surface area contributed by atoms with Crippen LogP contribution in [0, 0.1) is 0 Å². The van der Waals surface area contributed by atoms with Gasteiger partial charge in [-0.2, -0.15) is 16.1 Å². The van der Waals surface area contributed by atoms with Gasteiger partial charge in [0.15, 0.2) is 0 Å². The van der Waals surface area contributed by atoms with Crippen molar-refractivity contribution < 1.29 is 8.42 Å². The van der Waals surface area contributed by atoms with Crippen molar-refractivity contribution in [2.75, 3.05) is 18.8 Å². The van der Waals surface area contributed by atoms with Crippen LogP contribution in [0.1, 0.15) is 19.4 Å². The summed E-state index contributed by atoms with van der Waals surface area (Å²) in [5, 5.41) is 0.395. The first kappa shape index (κ1) is 16.4. The molecule has 3 nitrogen and oxygen atoms in total. The number of sulfonamides is 1. The highest BCUT2D eigenvalue weighted by atomic mass is 35.5. The summed E-state index contributed by atoms with van der Waals surface area (Å²) in [7, 11) is -3.49. The maximum Gasteiger partial charge on any atom is 0.243 e. The lowest BCUT2D eigenvalue weighted by Crippen LogP contribution is -2.46. The van der Waals surface area contributed by atoms with Crippen molar-refractivity contribution in [2.45, 2.75) is 29.4 Å². The molecule has 7 heteroatoms. The van der Waals surface area contributed by atoms with Crippen molar-refractivity contribution in [1.82, 2.24) is 4.31 Å². The van der Waals surface area contributed by atoms with Crippen LogP contribution in [0.3, 0.4) is 0 Å². The Morgan fingerprint density at radius 3 is 2.65 bits per heavy atom. The Hall–Kier alpha value is 0.0600. The largest absolute Gasteiger partial charge is 0.243 e. The van der Waals surface area contributed by atoms with E-state index in [0.29, 0.717) is 18.1 Å². The first-order chi connectivity index (χ1) is 9.26. The summed E-state index contributed by atoms with van der Waals surface area (Å²) < 4.78 is 26.8. The maximum absolute atomic E-state index is 12.7. The van der Waals surface area contributed by atoms with Gasteiger partial charge in [0.2, 0.25) is 10.0 Å². The Morgan fingerprint density at radius 1 is 1.40 bits per heavy atom. The highest BCUT2D eigenvalue weighted by Gasteiger charge is 2.34. The van der Waals surface area contributed by atoms with Crippen molar-refractivity contribution in [2.24, 2.45) is 0 Å². The van der Waals surface area contributed by atoms with Crippen molar-refractivity contribution in [1.29, 1.82) is 0 Å². The summed E-state index contributed by atoms with van der Waals surface area (Å²) >= 11 is 13.6. The van der Waals surface area contributed by atoms with Gasteiger partial charge in [-0.1, -0.05) is 17.7 Å². The van der Waals surface area contributed by atoms with Gasteiger partial charge in [-0.05, 0) is 31.5 Å². The second-order valence-electron chi connectivity index (χ2n) is 5.33. The number of hydrogen-bond donors (Lipinski definition) is 0. The Bertz CT molecular complexity index is 602. The monoisotopic (exact) mass is 353 g/mol. The normalized spacial score (nSPS) is 20.0. The van der Waals surface area contributed by atoms with Crippen molar-refractivity contribution >= 4 is 45.0 Å². The summed E-state index contributed by atoms with van der Waals surface area (Å²) in [6.07, 6.45) is 0. The second kappa shape index (κ2) is 6.05. The van der Waals surface area contributed by atoms with Crippen LogP contribution in [0.25, 0.3) is 0 Å². The minimum Gasteiger partial charge on any atom is -0.207 e. The van der Waals surface area contributed by atoms with Crippen LogP contribution in [0.4, 0.5) is 0 Å². The molecule has 1 aromatic rings. The predicted octanol–water partition coefficient (Wildman–Crippen LogP) is 3.59. The van der Waals surface area contributed by atoms with Gasteiger partial charge in [0.25, 0.3) is 0 Å². The number of benzene rings is 1. The van der Waals surface area contributed by atoms with E-state index in [1.165, 1.54) is 10.4 Å². The molecule has 20 heavy (non-hydrogen) atoms. The first-order valence-electron chi connectivity index (χ1n) is 6.25. The molecule has 1 saturated heterocycles. The van der Waals surface area contributed by atoms with Gasteiger partial charge in [0.1, 0.15) is 0 Å². The van der Waals surface area contributed by atoms with E-state index in [4.69, 9.17) is 23.2 Å². The minimum absolute atomic E-state index is 0.0643. The quantitative estimate of drug-likeness (QED) is 0.779. The third-order valence-electron chi connectivity index (χ3n) is 3.20. The van der Waals surface area contributed by atoms with Gasteiger partial charge >= 0.3 is 0 Å². The first-order valence-corrected chi connectivity index (χ1v) is 9.58. The lowest BCUT2D eigenvalue weighted by atomic mass is 10.2. The van der Waals surface area contributed by atoms with Gasteiger partial charge in [-0.3, -0.25) is 0 Å². The molecule has 1 aliphatic heterocycles. The highest BCUT2D eigenvalue weighted by Crippen LogP contribution is 2.33. The van der Waals surface area contributed by atoms with Crippen molar-refractivity contribution in [3.63, 3.8) is 0 Å². The summed E-state index contributed by atoms with van der Waals surface area (Å²) in [5.74, 6) is 1.08. The molecule has 1 aromatic carbocycles. The van der Waals surface area contributed by atoms with E-state index in [1.807, 2.05) is 0 Å². The Labute approximate surface area is 134 Å². The molecule has 0 atom stereocenters. The van der Waals surface area contributed by atoms with E-state index in [2.05, 4.69) is 13.8 Å². The summed E-state index contributed by atoms with van der Waals surface area (Å²) in [4.78, 5) is 0.235. The van der Waals surface area contributed by atoms with Gasteiger partial charge in [0.05, 0.1) is 4.90 Å². The number of thioether (sulfide) groups is 1. The molecule has 1 fully saturated rings. The third kappa shape index (κ3) is 3.45. The Morgan fingerprint density at radius 2 is 2.10 bits per heavy atom. The standard InChI is InChI=1S/C13H17Cl2NO2S2/c1-13(2)9-16(5-6-19-13)20(17,18)11-4-3-10(8-14)12(15)7-11/h3-4,7H,5-6,8-9H2,1-2H3. The molecule has 0 N–H and O–H groups in total. The zero-order chi connectivity index (χ0) is 15.0. The number of halogens is 2. The van der Waals surface area contributed by atoms with Crippen LogP contribution in [0.2, 0.25) is 5.02 Å². The van der Waals surface area contributed by atoms with Crippen molar-refractivity contribution in [3.05, 3.63) is 28.8 Å². The van der Waals surface area contributed by atoms with Crippen LogP contribution in [-0.2, 0) is 15.9 Å². The van der Waals surface area contributed by atoms with E-state index in [0.717, 1.165) is 11.3 Å². The molecule has 2 rings (SSSR count). The molecule has 112 valence electrons. The summed E-state index contributed by atoms with van der Waals surface area (Å²) in [5.41, 5.74) is 0.738. The molecule has 1 aliphatic rings. The van der Waals surface area contributed by atoms with E-state index in [9.17, 15) is 8.42 Å². The van der Waals surface area contributed by atoms with Crippen LogP contribution < -0.4 is 0 Å². The zero-order valence-corrected chi connectivity index (χ0v) is 14.5. The topological polar surface area (TPSA) is 37.4 Å². The molecule has 0 bridgehead atoms. The van der Waals surface area contributed by atoms with Gasteiger partial charge in [-0.15, -0.1) is 11.6 Å². The molecule has 1 heterocycles. The number of hydrogen-bond acceptors (Lipinski definition) is 3. The van der Waals surface area contributed by atoms with Gasteiger partial charge in [-0.25, -0.2) is 8.42 Å². The van der Waals surface area contributed by atoms with Gasteiger partial charge in [0, 0.05) is 34.5 Å². The van der Waals surface area contributed by atoms with Crippen LogP contribution in [0.15, 0.2) is 23.1 Å². The minimum atomic E-state index is -3.49. The molecule has 0 aliphatic carbocycles. The number of rotatable bonds is 3. The SMILES string of the molecule is CC1(C)CN(S(=O)(=O)c2ccc(CCl)c(Cl)c2)CCS1. The lowest BCUT2D eigenvalue weighted by molar-refractivity contribution is 0.387. The van der Waals surface area contributed by atoms with E-state index in [1.54, 1.807) is 23.9 Å². The molecule has 0 spiro atoms. The lowest BCUT2D eigenvalue weighted by Gasteiger charge is -2.36. The summed E-state index contributed by atoms with van der Waals surface area (Å²) in [6, 6.07) is 4.74. The fourth-order valence-corrected chi connectivity index (χ4v) is 5.68. The van der Waals surface area contributed by atoms with Gasteiger partial charge < -0.3 is 0 Å². The molecule has 0 saturated carbocycles. The second-order valence-corrected chi connectivity index (χ2v) is 9.75. The van der Waals surface area contributed by atoms with Crippen LogP contribution >= 0.6 is 35.0 Å². The smallest absolute Gasteiger partial charge is 0.207 e. The number of nitrogens with zero attached hydrogens (tertiary/aromatic N) is 1. The molecular formula is C13H17Cl2NO2S2. The third-order valence-corrected chi connectivity index (χ3v) is 6.98. The maximum atomic E-state index is 12.7. The fraction of sp³-hybridized carbons (Fsp3) is 0.538. The Balaban J connectivity index is 2.33. The highest BCUT2D eigenvalue weighted by molar-refractivity contribution is 8.00. The zero-order valence-electron chi connectivity index (χ0n) is 11.4. The fourth-order valence-electron chi connectivity index (χ4n) is 2.12. The number of alkyl halides is 1. The Kier molecular flexibility index (Phi) is 4.97. The van der Waals surface area contributed by atoms with Crippen molar-refractivity contribution in [3.8, 4) is 0 Å². The average molecular weight is 354 g/mol. The van der Waals surface area contributed by atoms with Crippen LogP contribution in [0.5, 0.6) is 0 Å². The average Bonchev–Trinajstić information content (AvgIpc) is 2.37.